The van der Waals surface area contributed by atoms with Crippen molar-refractivity contribution in [1.82, 2.24) is 29.2 Å². The van der Waals surface area contributed by atoms with Crippen molar-refractivity contribution in [2.75, 3.05) is 25.0 Å². The summed E-state index contributed by atoms with van der Waals surface area (Å²) in [5, 5.41) is 9.81. The van der Waals surface area contributed by atoms with Crippen LogP contribution in [0, 0.1) is 11.8 Å². The Balaban J connectivity index is 1.38. The summed E-state index contributed by atoms with van der Waals surface area (Å²) in [6, 6.07) is 2.03. The molecule has 1 aliphatic carbocycles. The Morgan fingerprint density at radius 1 is 1.30 bits per heavy atom. The van der Waals surface area contributed by atoms with Crippen LogP contribution in [0.4, 0.5) is 5.82 Å². The molecule has 1 unspecified atom stereocenters. The van der Waals surface area contributed by atoms with Gasteiger partial charge >= 0.3 is 0 Å². The van der Waals surface area contributed by atoms with Gasteiger partial charge in [0.1, 0.15) is 16.3 Å². The molecule has 0 aromatic carbocycles. The molecule has 176 valence electrons. The van der Waals surface area contributed by atoms with Gasteiger partial charge in [-0.15, -0.1) is 11.3 Å². The number of carbonyl (C=O) groups is 1. The number of hydrogen-bond acceptors (Lipinski definition) is 7. The molecule has 2 aliphatic rings. The minimum absolute atomic E-state index is 0.118. The average molecular weight is 490 g/mol. The second-order valence-electron chi connectivity index (χ2n) is 8.78. The van der Waals surface area contributed by atoms with Crippen LogP contribution in [-0.2, 0) is 11.3 Å². The lowest BCUT2D eigenvalue weighted by Crippen LogP contribution is -2.41. The van der Waals surface area contributed by atoms with Gasteiger partial charge in [-0.25, -0.2) is 23.4 Å². The van der Waals surface area contributed by atoms with Gasteiger partial charge in [0, 0.05) is 43.3 Å². The first kappa shape index (κ1) is 22.4. The topological polar surface area (TPSA) is 125 Å². The zero-order chi connectivity index (χ0) is 22.9. The molecule has 0 bridgehead atoms. The van der Waals surface area contributed by atoms with Crippen molar-refractivity contribution >= 4 is 39.2 Å². The van der Waals surface area contributed by atoms with Crippen molar-refractivity contribution in [3.8, 4) is 11.4 Å². The quantitative estimate of drug-likeness (QED) is 0.416. The van der Waals surface area contributed by atoms with E-state index in [1.807, 2.05) is 16.5 Å². The number of piperidine rings is 1. The lowest BCUT2D eigenvalue weighted by atomic mass is 9.97. The molecular weight excluding hydrogens is 462 g/mol. The highest BCUT2D eigenvalue weighted by molar-refractivity contribution is 7.77. The molecule has 1 saturated heterocycles. The monoisotopic (exact) mass is 489 g/mol. The first-order chi connectivity index (χ1) is 16.0. The van der Waals surface area contributed by atoms with Crippen LogP contribution in [0.3, 0.4) is 0 Å². The second kappa shape index (κ2) is 9.45. The molecule has 4 heterocycles. The van der Waals surface area contributed by atoms with Gasteiger partial charge in [-0.05, 0) is 44.4 Å². The van der Waals surface area contributed by atoms with E-state index in [0.29, 0.717) is 42.9 Å². The van der Waals surface area contributed by atoms with Crippen LogP contribution in [0.5, 0.6) is 0 Å². The summed E-state index contributed by atoms with van der Waals surface area (Å²) < 4.78 is 24.1. The molecule has 2 atom stereocenters. The summed E-state index contributed by atoms with van der Waals surface area (Å²) in [6.07, 6.45) is 7.61. The average Bonchev–Trinajstić information content (AvgIpc) is 3.43. The van der Waals surface area contributed by atoms with E-state index in [4.69, 9.17) is 9.54 Å². The summed E-state index contributed by atoms with van der Waals surface area (Å²) in [6.45, 7) is 3.80. The van der Waals surface area contributed by atoms with Gasteiger partial charge in [-0.3, -0.25) is 9.35 Å². The number of carbonyl (C=O) groups excluding carboxylic acids is 1. The van der Waals surface area contributed by atoms with Gasteiger partial charge in [0.2, 0.25) is 11.3 Å². The van der Waals surface area contributed by atoms with E-state index in [0.717, 1.165) is 23.2 Å². The fourth-order valence-electron chi connectivity index (χ4n) is 4.27. The maximum absolute atomic E-state index is 13.4. The van der Waals surface area contributed by atoms with Gasteiger partial charge < -0.3 is 10.2 Å². The van der Waals surface area contributed by atoms with E-state index in [9.17, 15) is 9.00 Å². The van der Waals surface area contributed by atoms with Gasteiger partial charge in [0.25, 0.3) is 5.91 Å². The van der Waals surface area contributed by atoms with Crippen LogP contribution in [0.1, 0.15) is 43.1 Å². The molecule has 3 N–H and O–H groups in total. The standard InChI is InChI=1S/C21H27N7O3S2/c1-13(15-2-3-15)24-18-10-17(20(29)27-6-4-14(5-7-27)11-23-33(30)31)25-19(26-18)16-12-22-28-8-9-32-21(16)28/h8-10,12-15,23H,2-7,11H2,1H3,(H,30,31)(H,24,25,26)/t13-/m0/s1. The molecule has 12 heteroatoms. The van der Waals surface area contributed by atoms with E-state index in [1.165, 1.54) is 12.8 Å². The largest absolute Gasteiger partial charge is 0.367 e. The third-order valence-corrected chi connectivity index (χ3v) is 7.72. The number of aromatic nitrogens is 4. The molecule has 0 radical (unpaired) electrons. The first-order valence-corrected chi connectivity index (χ1v) is 13.2. The minimum atomic E-state index is -2.01. The Hall–Kier alpha value is -2.41. The maximum Gasteiger partial charge on any atom is 0.272 e. The minimum Gasteiger partial charge on any atom is -0.367 e. The molecule has 3 aromatic heterocycles. The second-order valence-corrected chi connectivity index (χ2v) is 10.5. The fourth-order valence-corrected chi connectivity index (χ4v) is 5.44. The zero-order valence-corrected chi connectivity index (χ0v) is 19.9. The molecule has 0 spiro atoms. The molecule has 2 fully saturated rings. The molecule has 10 nitrogen and oxygen atoms in total. The molecule has 1 saturated carbocycles. The highest BCUT2D eigenvalue weighted by Gasteiger charge is 2.29. The Morgan fingerprint density at radius 3 is 2.82 bits per heavy atom. The maximum atomic E-state index is 13.4. The molecule has 1 aliphatic heterocycles. The predicted octanol–water partition coefficient (Wildman–Crippen LogP) is 2.64. The van der Waals surface area contributed by atoms with Crippen molar-refractivity contribution in [3.63, 3.8) is 0 Å². The number of fused-ring (bicyclic) bond motifs is 1. The number of likely N-dealkylation sites (tertiary alicyclic amines) is 1. The van der Waals surface area contributed by atoms with E-state index in [1.54, 1.807) is 28.1 Å². The fraction of sp³-hybridized carbons (Fsp3) is 0.524. The molecule has 3 aromatic rings. The van der Waals surface area contributed by atoms with Crippen molar-refractivity contribution in [3.05, 3.63) is 29.5 Å². The van der Waals surface area contributed by atoms with E-state index in [-0.39, 0.29) is 17.9 Å². The number of anilines is 1. The van der Waals surface area contributed by atoms with Crippen LogP contribution in [0.15, 0.2) is 23.8 Å². The normalized spacial score (nSPS) is 19.0. The number of nitrogens with zero attached hydrogens (tertiary/aromatic N) is 5. The SMILES string of the molecule is C[C@H](Nc1cc(C(=O)N2CCC(CNS(=O)O)CC2)nc(-c2cnn3ccsc23)n1)C1CC1. The van der Waals surface area contributed by atoms with Crippen LogP contribution in [-0.4, -0.2) is 64.8 Å². The lowest BCUT2D eigenvalue weighted by molar-refractivity contribution is 0.0686. The zero-order valence-electron chi connectivity index (χ0n) is 18.3. The Bertz CT molecular complexity index is 1170. The Morgan fingerprint density at radius 2 is 2.09 bits per heavy atom. The van der Waals surface area contributed by atoms with Crippen molar-refractivity contribution in [1.29, 1.82) is 0 Å². The number of nitrogens with one attached hydrogen (secondary N) is 2. The number of thiazole rings is 1. The number of hydrogen-bond donors (Lipinski definition) is 3. The summed E-state index contributed by atoms with van der Waals surface area (Å²) in [5.74, 6) is 1.94. The van der Waals surface area contributed by atoms with Gasteiger partial charge in [0.05, 0.1) is 11.8 Å². The predicted molar refractivity (Wildman–Crippen MR) is 127 cm³/mol. The van der Waals surface area contributed by atoms with E-state index in [2.05, 4.69) is 27.0 Å². The van der Waals surface area contributed by atoms with E-state index >= 15 is 0 Å². The van der Waals surface area contributed by atoms with Gasteiger partial charge in [0.15, 0.2) is 5.82 Å². The smallest absolute Gasteiger partial charge is 0.272 e. The van der Waals surface area contributed by atoms with Crippen molar-refractivity contribution in [2.24, 2.45) is 11.8 Å². The van der Waals surface area contributed by atoms with Crippen LogP contribution in [0.2, 0.25) is 0 Å². The molecular formula is C21H27N7O3S2. The first-order valence-electron chi connectivity index (χ1n) is 11.2. The highest BCUT2D eigenvalue weighted by Crippen LogP contribution is 2.34. The van der Waals surface area contributed by atoms with Crippen molar-refractivity contribution in [2.45, 2.75) is 38.6 Å². The molecule has 5 rings (SSSR count). The summed E-state index contributed by atoms with van der Waals surface area (Å²) >= 11 is -0.448. The highest BCUT2D eigenvalue weighted by atomic mass is 32.2. The number of rotatable bonds is 8. The Labute approximate surface area is 198 Å². The van der Waals surface area contributed by atoms with Gasteiger partial charge in [-0.1, -0.05) is 0 Å². The summed E-state index contributed by atoms with van der Waals surface area (Å²) in [5.41, 5.74) is 1.18. The third kappa shape index (κ3) is 5.08. The molecule has 1 amide bonds. The third-order valence-electron chi connectivity index (χ3n) is 6.42. The van der Waals surface area contributed by atoms with E-state index < -0.39 is 11.3 Å². The molecule has 33 heavy (non-hydrogen) atoms. The summed E-state index contributed by atoms with van der Waals surface area (Å²) in [7, 11) is 0. The van der Waals surface area contributed by atoms with Crippen molar-refractivity contribution < 1.29 is 13.6 Å². The van der Waals surface area contributed by atoms with Crippen LogP contribution < -0.4 is 10.0 Å². The lowest BCUT2D eigenvalue weighted by Gasteiger charge is -2.31. The van der Waals surface area contributed by atoms with Crippen LogP contribution >= 0.6 is 11.3 Å². The Kier molecular flexibility index (Phi) is 6.41. The van der Waals surface area contributed by atoms with Gasteiger partial charge in [-0.2, -0.15) is 5.10 Å². The number of amides is 1. The van der Waals surface area contributed by atoms with Crippen LogP contribution in [0.25, 0.3) is 16.2 Å². The summed E-state index contributed by atoms with van der Waals surface area (Å²) in [4.78, 5) is 25.5.